The Morgan fingerprint density at radius 3 is 2.50 bits per heavy atom. The topological polar surface area (TPSA) is 75.2 Å². The molecule has 2 heterocycles. The molecule has 0 spiro atoms. The van der Waals surface area contributed by atoms with Crippen LogP contribution < -0.4 is 10.6 Å². The van der Waals surface area contributed by atoms with Gasteiger partial charge in [0.05, 0.1) is 0 Å². The van der Waals surface area contributed by atoms with Crippen LogP contribution >= 0.6 is 24.0 Å². The lowest BCUT2D eigenvalue weighted by Crippen LogP contribution is -2.50. The van der Waals surface area contributed by atoms with Gasteiger partial charge in [0.2, 0.25) is 5.91 Å². The maximum Gasteiger partial charge on any atom is 0.225 e. The second-order valence-electron chi connectivity index (χ2n) is 7.88. The molecule has 2 fully saturated rings. The Hall–Kier alpha value is -0.610. The Labute approximate surface area is 187 Å². The minimum Gasteiger partial charge on any atom is -0.381 e. The molecule has 0 aliphatic carbocycles. The molecule has 7 nitrogen and oxygen atoms in total. The molecule has 0 atom stereocenters. The molecule has 0 bridgehead atoms. The average molecular weight is 510 g/mol. The molecule has 2 saturated heterocycles. The second kappa shape index (κ2) is 14.4. The highest BCUT2D eigenvalue weighted by atomic mass is 127. The minimum atomic E-state index is 0. The van der Waals surface area contributed by atoms with Crippen molar-refractivity contribution < 1.29 is 14.3 Å². The van der Waals surface area contributed by atoms with Gasteiger partial charge >= 0.3 is 0 Å². The smallest absolute Gasteiger partial charge is 0.225 e. The fourth-order valence-electron chi connectivity index (χ4n) is 3.54. The Morgan fingerprint density at radius 2 is 1.89 bits per heavy atom. The summed E-state index contributed by atoms with van der Waals surface area (Å²) >= 11 is 0. The van der Waals surface area contributed by atoms with Gasteiger partial charge in [-0.2, -0.15) is 0 Å². The van der Waals surface area contributed by atoms with Crippen molar-refractivity contribution in [1.29, 1.82) is 0 Å². The molecule has 2 aliphatic rings. The highest BCUT2D eigenvalue weighted by Gasteiger charge is 2.24. The number of amides is 1. The van der Waals surface area contributed by atoms with Crippen LogP contribution in [-0.4, -0.2) is 75.9 Å². The molecule has 0 unspecified atom stereocenters. The number of piperidine rings is 1. The van der Waals surface area contributed by atoms with Crippen LogP contribution in [0.1, 0.15) is 46.0 Å². The molecule has 28 heavy (non-hydrogen) atoms. The summed E-state index contributed by atoms with van der Waals surface area (Å²) in [5, 5.41) is 6.85. The van der Waals surface area contributed by atoms with E-state index in [-0.39, 0.29) is 35.8 Å². The van der Waals surface area contributed by atoms with Gasteiger partial charge < -0.3 is 25.0 Å². The summed E-state index contributed by atoms with van der Waals surface area (Å²) in [5.74, 6) is 1.84. The van der Waals surface area contributed by atoms with Crippen LogP contribution in [0.5, 0.6) is 0 Å². The van der Waals surface area contributed by atoms with E-state index in [4.69, 9.17) is 9.47 Å². The fraction of sp³-hybridized carbons (Fsp3) is 0.900. The van der Waals surface area contributed by atoms with Crippen LogP contribution in [0.3, 0.4) is 0 Å². The van der Waals surface area contributed by atoms with Crippen molar-refractivity contribution >= 4 is 35.8 Å². The van der Waals surface area contributed by atoms with Gasteiger partial charge in [0.1, 0.15) is 0 Å². The van der Waals surface area contributed by atoms with Crippen molar-refractivity contribution in [3.8, 4) is 0 Å². The predicted molar refractivity (Wildman–Crippen MR) is 123 cm³/mol. The SMILES string of the molecule is CN=C(NCCCOCC1CCOCC1)NC1CCN(C(=O)C(C)C)CC1.I. The summed E-state index contributed by atoms with van der Waals surface area (Å²) in [5.41, 5.74) is 0. The van der Waals surface area contributed by atoms with Crippen LogP contribution in [0.2, 0.25) is 0 Å². The molecular weight excluding hydrogens is 471 g/mol. The van der Waals surface area contributed by atoms with Crippen molar-refractivity contribution in [2.45, 2.75) is 52.0 Å². The zero-order valence-corrected chi connectivity index (χ0v) is 20.1. The van der Waals surface area contributed by atoms with Crippen molar-refractivity contribution in [1.82, 2.24) is 15.5 Å². The number of carbonyl (C=O) groups excluding carboxylic acids is 1. The lowest BCUT2D eigenvalue weighted by Gasteiger charge is -2.34. The highest BCUT2D eigenvalue weighted by molar-refractivity contribution is 14.0. The summed E-state index contributed by atoms with van der Waals surface area (Å²) in [6.45, 7) is 9.80. The lowest BCUT2D eigenvalue weighted by atomic mass is 10.0. The van der Waals surface area contributed by atoms with Gasteiger partial charge in [0, 0.05) is 65.1 Å². The fourth-order valence-corrected chi connectivity index (χ4v) is 3.54. The number of rotatable bonds is 8. The van der Waals surface area contributed by atoms with Crippen LogP contribution in [0.25, 0.3) is 0 Å². The van der Waals surface area contributed by atoms with E-state index in [1.165, 1.54) is 0 Å². The quantitative estimate of drug-likeness (QED) is 0.227. The van der Waals surface area contributed by atoms with E-state index >= 15 is 0 Å². The van der Waals surface area contributed by atoms with E-state index in [0.29, 0.717) is 12.0 Å². The average Bonchev–Trinajstić information content (AvgIpc) is 2.70. The predicted octanol–water partition coefficient (Wildman–Crippen LogP) is 2.25. The van der Waals surface area contributed by atoms with Gasteiger partial charge in [0.25, 0.3) is 0 Å². The molecule has 0 aromatic carbocycles. The number of halogens is 1. The molecule has 2 N–H and O–H groups in total. The molecule has 0 saturated carbocycles. The summed E-state index contributed by atoms with van der Waals surface area (Å²) in [4.78, 5) is 18.4. The number of carbonyl (C=O) groups is 1. The van der Waals surface area contributed by atoms with Gasteiger partial charge in [-0.05, 0) is 38.0 Å². The second-order valence-corrected chi connectivity index (χ2v) is 7.88. The number of aliphatic imine (C=N–C) groups is 1. The molecule has 164 valence electrons. The number of ether oxygens (including phenoxy) is 2. The first-order valence-electron chi connectivity index (χ1n) is 10.5. The van der Waals surface area contributed by atoms with Crippen LogP contribution in [0.4, 0.5) is 0 Å². The number of hydrogen-bond donors (Lipinski definition) is 2. The van der Waals surface area contributed by atoms with E-state index < -0.39 is 0 Å². The van der Waals surface area contributed by atoms with E-state index in [0.717, 1.165) is 84.1 Å². The van der Waals surface area contributed by atoms with E-state index in [1.54, 1.807) is 7.05 Å². The molecule has 1 amide bonds. The van der Waals surface area contributed by atoms with Gasteiger partial charge in [-0.25, -0.2) is 0 Å². The Balaban J connectivity index is 0.00000392. The summed E-state index contributed by atoms with van der Waals surface area (Å²) in [6.07, 6.45) is 5.14. The van der Waals surface area contributed by atoms with E-state index in [2.05, 4.69) is 15.6 Å². The first-order valence-corrected chi connectivity index (χ1v) is 10.5. The summed E-state index contributed by atoms with van der Waals surface area (Å²) < 4.78 is 11.2. The maximum atomic E-state index is 12.1. The Kier molecular flexibility index (Phi) is 13.1. The molecule has 0 radical (unpaired) electrons. The van der Waals surface area contributed by atoms with Crippen molar-refractivity contribution in [3.05, 3.63) is 0 Å². The normalized spacial score (nSPS) is 19.4. The lowest BCUT2D eigenvalue weighted by molar-refractivity contribution is -0.135. The zero-order chi connectivity index (χ0) is 19.5. The van der Waals surface area contributed by atoms with Crippen LogP contribution in [-0.2, 0) is 14.3 Å². The Bertz CT molecular complexity index is 462. The summed E-state index contributed by atoms with van der Waals surface area (Å²) in [6, 6.07) is 0.372. The number of likely N-dealkylation sites (tertiary alicyclic amines) is 1. The molecule has 8 heteroatoms. The van der Waals surface area contributed by atoms with Crippen LogP contribution in [0.15, 0.2) is 4.99 Å². The number of guanidine groups is 1. The van der Waals surface area contributed by atoms with Gasteiger partial charge in [0.15, 0.2) is 5.96 Å². The van der Waals surface area contributed by atoms with Crippen molar-refractivity contribution in [3.63, 3.8) is 0 Å². The third-order valence-electron chi connectivity index (χ3n) is 5.32. The monoisotopic (exact) mass is 510 g/mol. The number of nitrogens with zero attached hydrogens (tertiary/aromatic N) is 2. The van der Waals surface area contributed by atoms with Gasteiger partial charge in [-0.3, -0.25) is 9.79 Å². The molecule has 0 aromatic rings. The first-order chi connectivity index (χ1) is 13.1. The first kappa shape index (κ1) is 25.4. The third kappa shape index (κ3) is 9.26. The highest BCUT2D eigenvalue weighted by Crippen LogP contribution is 2.15. The van der Waals surface area contributed by atoms with Gasteiger partial charge in [-0.15, -0.1) is 24.0 Å². The number of hydrogen-bond acceptors (Lipinski definition) is 4. The molecular formula is C20H39IN4O3. The largest absolute Gasteiger partial charge is 0.381 e. The van der Waals surface area contributed by atoms with E-state index in [1.807, 2.05) is 18.7 Å². The van der Waals surface area contributed by atoms with Gasteiger partial charge in [-0.1, -0.05) is 13.8 Å². The molecule has 2 aliphatic heterocycles. The van der Waals surface area contributed by atoms with Crippen molar-refractivity contribution in [2.24, 2.45) is 16.8 Å². The summed E-state index contributed by atoms with van der Waals surface area (Å²) in [7, 11) is 1.80. The van der Waals surface area contributed by atoms with Crippen molar-refractivity contribution in [2.75, 3.05) is 53.1 Å². The Morgan fingerprint density at radius 1 is 1.21 bits per heavy atom. The molecule has 2 rings (SSSR count). The minimum absolute atomic E-state index is 0. The third-order valence-corrected chi connectivity index (χ3v) is 5.32. The maximum absolute atomic E-state index is 12.1. The molecule has 0 aromatic heterocycles. The standard InChI is InChI=1S/C20H38N4O3.HI/c1-16(2)19(25)24-10-5-18(6-11-24)23-20(21-3)22-9-4-12-27-15-17-7-13-26-14-8-17;/h16-18H,4-15H2,1-3H3,(H2,21,22,23);1H. The number of nitrogens with one attached hydrogen (secondary N) is 2. The van der Waals surface area contributed by atoms with Crippen LogP contribution in [0, 0.1) is 11.8 Å². The van der Waals surface area contributed by atoms with E-state index in [9.17, 15) is 4.79 Å². The zero-order valence-electron chi connectivity index (χ0n) is 17.7.